The van der Waals surface area contributed by atoms with Crippen molar-refractivity contribution in [1.29, 1.82) is 0 Å². The number of hydrogen-bond donors (Lipinski definition) is 0. The third kappa shape index (κ3) is 13.5. The van der Waals surface area contributed by atoms with E-state index >= 15 is 0 Å². The minimum atomic E-state index is -6.00. The summed E-state index contributed by atoms with van der Waals surface area (Å²) in [6.45, 7) is 0. The molecule has 0 bridgehead atoms. The topological polar surface area (TPSA) is 55.4 Å². The first-order valence-electron chi connectivity index (χ1n) is 17.9. The van der Waals surface area contributed by atoms with E-state index in [4.69, 9.17) is 27.1 Å². The van der Waals surface area contributed by atoms with Crippen molar-refractivity contribution in [3.05, 3.63) is 192 Å². The monoisotopic (exact) mass is 892 g/mol. The molecular weight excluding hydrogens is 852 g/mol. The second-order valence-corrected chi connectivity index (χ2v) is 14.5. The molecule has 2 heterocycles. The van der Waals surface area contributed by atoms with Gasteiger partial charge < -0.3 is 26.3 Å². The zero-order valence-corrected chi connectivity index (χ0v) is 33.5. The Morgan fingerprint density at radius 1 is 0.393 bits per heavy atom. The maximum atomic E-state index is 9.75. The Hall–Kier alpha value is -3.71. The van der Waals surface area contributed by atoms with Gasteiger partial charge in [0.2, 0.25) is 0 Å². The van der Waals surface area contributed by atoms with Crippen LogP contribution in [0.1, 0.15) is 72.4 Å². The van der Waals surface area contributed by atoms with E-state index in [2.05, 4.69) is 24.3 Å². The molecule has 8 rings (SSSR count). The zero-order valence-electron chi connectivity index (χ0n) is 30.1. The number of allylic oxidation sites excluding steroid dienone is 4. The molecule has 2 fully saturated rings. The third-order valence-corrected chi connectivity index (χ3v) is 10.7. The Morgan fingerprint density at radius 2 is 0.607 bits per heavy atom. The minimum absolute atomic E-state index is 0. The first kappa shape index (κ1) is 43.4. The van der Waals surface area contributed by atoms with Crippen LogP contribution in [0.3, 0.4) is 0 Å². The molecule has 1 aliphatic carbocycles. The molecule has 0 saturated carbocycles. The standard InChI is InChI=1S/C34H28O6P2.C8H12.BF4.Rh/c1-5-15-25(16-6-1)31-32(26-17-7-2-8-18-26)38-41(37-31)35-29-23-13-14-24-30(29)36-42-39-33(27-19-9-3-10-20-27)34(40-42)28-21-11-4-12-22-28;1-2-4-6-8-7-5-3-1;2-1(3,4)5;/h1-24,31-34H;1-2,7-8H,3-6H2;;/q;;-1;/b;2-1-,8-7-;;/t31-,32-,33-,34-;;;/m1.../s1. The first-order chi connectivity index (χ1) is 26.8. The second-order valence-electron chi connectivity index (χ2n) is 12.4. The fraction of sp³-hybridized carbons (Fsp3) is 0.190. The van der Waals surface area contributed by atoms with Gasteiger partial charge in [0.05, 0.1) is 0 Å². The Bertz CT molecular complexity index is 1690. The molecule has 5 aromatic carbocycles. The van der Waals surface area contributed by atoms with E-state index in [0.29, 0.717) is 11.5 Å². The molecule has 2 saturated heterocycles. The van der Waals surface area contributed by atoms with E-state index in [1.54, 1.807) is 0 Å². The van der Waals surface area contributed by atoms with Gasteiger partial charge in [-0.3, -0.25) is 18.1 Å². The molecule has 56 heavy (non-hydrogen) atoms. The van der Waals surface area contributed by atoms with E-state index in [1.165, 1.54) is 25.7 Å². The van der Waals surface area contributed by atoms with Crippen molar-refractivity contribution < 1.29 is 63.9 Å². The molecule has 0 N–H and O–H groups in total. The van der Waals surface area contributed by atoms with Crippen LogP contribution >= 0.6 is 17.2 Å². The van der Waals surface area contributed by atoms with E-state index in [9.17, 15) is 17.3 Å². The first-order valence-corrected chi connectivity index (χ1v) is 20.1. The van der Waals surface area contributed by atoms with Crippen LogP contribution in [0, 0.1) is 0 Å². The zero-order chi connectivity index (χ0) is 38.3. The van der Waals surface area contributed by atoms with Gasteiger partial charge in [-0.1, -0.05) is 158 Å². The van der Waals surface area contributed by atoms with Crippen LogP contribution in [0.15, 0.2) is 170 Å². The summed E-state index contributed by atoms with van der Waals surface area (Å²) in [5.41, 5.74) is 4.11. The van der Waals surface area contributed by atoms with Crippen molar-refractivity contribution >= 4 is 24.5 Å². The normalized spacial score (nSPS) is 22.1. The summed E-state index contributed by atoms with van der Waals surface area (Å²) in [7, 11) is -9.45. The Kier molecular flexibility index (Phi) is 17.3. The van der Waals surface area contributed by atoms with Gasteiger partial charge in [0.1, 0.15) is 24.4 Å². The SMILES string of the molecule is C1=C\CC/C=C\CC/1.F[B-](F)(F)F.[Rh].c1ccc([C@H]2OP(Oc3ccccc3OP3O[C@H](c4ccccc4)[C@@H](c4ccccc4)O3)O[C@@H]2c2ccccc2)cc1. The summed E-state index contributed by atoms with van der Waals surface area (Å²) in [4.78, 5) is 0. The van der Waals surface area contributed by atoms with E-state index < -0.39 is 24.5 Å². The number of para-hydroxylation sites is 2. The molecule has 3 aliphatic rings. The second kappa shape index (κ2) is 22.3. The van der Waals surface area contributed by atoms with Crippen LogP contribution in [-0.2, 0) is 37.6 Å². The summed E-state index contributed by atoms with van der Waals surface area (Å²) < 4.78 is 77.3. The Morgan fingerprint density at radius 3 is 0.839 bits per heavy atom. The van der Waals surface area contributed by atoms with E-state index in [0.717, 1.165) is 22.3 Å². The summed E-state index contributed by atoms with van der Waals surface area (Å²) in [6, 6.07) is 47.8. The van der Waals surface area contributed by atoms with Gasteiger partial charge in [-0.05, 0) is 60.1 Å². The summed E-state index contributed by atoms with van der Waals surface area (Å²) in [5.74, 6) is 0.997. The smallest absolute Gasteiger partial charge is 0.423 e. The van der Waals surface area contributed by atoms with Crippen LogP contribution in [0.4, 0.5) is 17.3 Å². The predicted molar refractivity (Wildman–Crippen MR) is 210 cm³/mol. The number of hydrogen-bond acceptors (Lipinski definition) is 6. The average molecular weight is 892 g/mol. The largest absolute Gasteiger partial charge is 0.673 e. The van der Waals surface area contributed by atoms with Crippen molar-refractivity contribution in [2.45, 2.75) is 50.1 Å². The molecule has 14 heteroatoms. The number of rotatable bonds is 8. The van der Waals surface area contributed by atoms with Gasteiger partial charge in [0.15, 0.2) is 11.5 Å². The molecule has 0 aromatic heterocycles. The molecule has 295 valence electrons. The average Bonchev–Trinajstić information content (AvgIpc) is 3.81. The van der Waals surface area contributed by atoms with Crippen LogP contribution < -0.4 is 9.05 Å². The van der Waals surface area contributed by atoms with Crippen molar-refractivity contribution in [3.8, 4) is 11.5 Å². The summed E-state index contributed by atoms with van der Waals surface area (Å²) in [5, 5.41) is 0. The molecule has 1 radical (unpaired) electrons. The molecule has 6 nitrogen and oxygen atoms in total. The molecule has 0 spiro atoms. The molecule has 4 atom stereocenters. The van der Waals surface area contributed by atoms with Gasteiger partial charge in [-0.25, -0.2) is 0 Å². The molecule has 5 aromatic rings. The van der Waals surface area contributed by atoms with Crippen LogP contribution in [0.2, 0.25) is 0 Å². The van der Waals surface area contributed by atoms with Crippen molar-refractivity contribution in [1.82, 2.24) is 0 Å². The van der Waals surface area contributed by atoms with Gasteiger partial charge in [-0.2, -0.15) is 0 Å². The van der Waals surface area contributed by atoms with E-state index in [-0.39, 0.29) is 43.9 Å². The van der Waals surface area contributed by atoms with Crippen LogP contribution in [0.5, 0.6) is 11.5 Å². The van der Waals surface area contributed by atoms with Crippen molar-refractivity contribution in [3.63, 3.8) is 0 Å². The van der Waals surface area contributed by atoms with Crippen molar-refractivity contribution in [2.24, 2.45) is 0 Å². The van der Waals surface area contributed by atoms with Gasteiger partial charge in [0.25, 0.3) is 0 Å². The molecular formula is C42H40BF4O6P2Rh-. The molecule has 2 aliphatic heterocycles. The maximum absolute atomic E-state index is 9.75. The fourth-order valence-electron chi connectivity index (χ4n) is 5.86. The number of halogens is 4. The Balaban J connectivity index is 0.000000367. The maximum Gasteiger partial charge on any atom is 0.673 e. The van der Waals surface area contributed by atoms with Crippen LogP contribution in [-0.4, -0.2) is 7.25 Å². The summed E-state index contributed by atoms with van der Waals surface area (Å²) >= 11 is 0. The molecule has 0 unspecified atom stereocenters. The van der Waals surface area contributed by atoms with Gasteiger partial charge in [-0.15, -0.1) is 0 Å². The van der Waals surface area contributed by atoms with Crippen molar-refractivity contribution in [2.75, 3.05) is 0 Å². The third-order valence-electron chi connectivity index (χ3n) is 8.39. The van der Waals surface area contributed by atoms with E-state index in [1.807, 2.05) is 146 Å². The van der Waals surface area contributed by atoms with Crippen LogP contribution in [0.25, 0.3) is 0 Å². The van der Waals surface area contributed by atoms with Gasteiger partial charge >= 0.3 is 24.5 Å². The fourth-order valence-corrected chi connectivity index (χ4v) is 8.42. The summed E-state index contributed by atoms with van der Waals surface area (Å²) in [6.07, 6.45) is 12.8. The Labute approximate surface area is 340 Å². The van der Waals surface area contributed by atoms with Gasteiger partial charge in [0, 0.05) is 19.5 Å². The quantitative estimate of drug-likeness (QED) is 0.0669. The minimum Gasteiger partial charge on any atom is -0.423 e. The predicted octanol–water partition coefficient (Wildman–Crippen LogP) is 13.9. The number of benzene rings is 5. The molecule has 0 amide bonds.